The van der Waals surface area contributed by atoms with Gasteiger partial charge in [0.15, 0.2) is 0 Å². The van der Waals surface area contributed by atoms with Gasteiger partial charge in [-0.15, -0.1) is 0 Å². The maximum Gasteiger partial charge on any atom is 0.254 e. The SMILES string of the molecule is O=C(NCc1ccncc1)c1cnsc1. The van der Waals surface area contributed by atoms with E-state index in [0.29, 0.717) is 12.1 Å². The summed E-state index contributed by atoms with van der Waals surface area (Å²) in [6.07, 6.45) is 4.97. The molecule has 0 unspecified atom stereocenters. The lowest BCUT2D eigenvalue weighted by Gasteiger charge is -2.02. The monoisotopic (exact) mass is 219 g/mol. The van der Waals surface area contributed by atoms with Gasteiger partial charge in [0.1, 0.15) is 0 Å². The van der Waals surface area contributed by atoms with Crippen LogP contribution in [-0.4, -0.2) is 15.3 Å². The zero-order chi connectivity index (χ0) is 10.5. The topological polar surface area (TPSA) is 54.9 Å². The second-order valence-electron chi connectivity index (χ2n) is 2.95. The van der Waals surface area contributed by atoms with E-state index in [4.69, 9.17) is 0 Å². The Morgan fingerprint density at radius 2 is 2.20 bits per heavy atom. The van der Waals surface area contributed by atoms with E-state index in [9.17, 15) is 4.79 Å². The van der Waals surface area contributed by atoms with Crippen LogP contribution in [0.3, 0.4) is 0 Å². The van der Waals surface area contributed by atoms with Crippen molar-refractivity contribution in [3.05, 3.63) is 47.2 Å². The summed E-state index contributed by atoms with van der Waals surface area (Å²) in [7, 11) is 0. The van der Waals surface area contributed by atoms with Gasteiger partial charge in [-0.25, -0.2) is 4.37 Å². The number of nitrogens with one attached hydrogen (secondary N) is 1. The molecule has 5 heteroatoms. The van der Waals surface area contributed by atoms with E-state index < -0.39 is 0 Å². The van der Waals surface area contributed by atoms with E-state index in [1.807, 2.05) is 12.1 Å². The third kappa shape index (κ3) is 2.60. The van der Waals surface area contributed by atoms with Crippen molar-refractivity contribution in [1.29, 1.82) is 0 Å². The number of pyridine rings is 1. The first-order valence-corrected chi connectivity index (χ1v) is 5.26. The maximum atomic E-state index is 11.5. The number of carbonyl (C=O) groups is 1. The summed E-state index contributed by atoms with van der Waals surface area (Å²) in [5, 5.41) is 4.53. The summed E-state index contributed by atoms with van der Waals surface area (Å²) < 4.78 is 3.87. The van der Waals surface area contributed by atoms with E-state index in [-0.39, 0.29) is 5.91 Å². The van der Waals surface area contributed by atoms with Crippen molar-refractivity contribution >= 4 is 17.4 Å². The highest BCUT2D eigenvalue weighted by Crippen LogP contribution is 2.02. The minimum absolute atomic E-state index is 0.0967. The molecule has 0 saturated heterocycles. The Kier molecular flexibility index (Phi) is 3.04. The lowest BCUT2D eigenvalue weighted by Crippen LogP contribution is -2.22. The van der Waals surface area contributed by atoms with Crippen LogP contribution >= 0.6 is 11.5 Å². The molecule has 15 heavy (non-hydrogen) atoms. The van der Waals surface area contributed by atoms with Gasteiger partial charge in [0, 0.05) is 24.3 Å². The Bertz CT molecular complexity index is 427. The van der Waals surface area contributed by atoms with Gasteiger partial charge in [-0.2, -0.15) is 0 Å². The molecule has 0 saturated carbocycles. The molecule has 0 aliphatic carbocycles. The second kappa shape index (κ2) is 4.65. The predicted molar refractivity (Wildman–Crippen MR) is 57.5 cm³/mol. The highest BCUT2D eigenvalue weighted by Gasteiger charge is 2.05. The summed E-state index contributed by atoms with van der Waals surface area (Å²) in [5.41, 5.74) is 1.63. The van der Waals surface area contributed by atoms with Crippen LogP contribution in [0.5, 0.6) is 0 Å². The molecule has 0 fully saturated rings. The summed E-state index contributed by atoms with van der Waals surface area (Å²) in [6.45, 7) is 0.511. The second-order valence-corrected chi connectivity index (χ2v) is 3.61. The maximum absolute atomic E-state index is 11.5. The van der Waals surface area contributed by atoms with Gasteiger partial charge in [-0.1, -0.05) is 0 Å². The number of hydrogen-bond donors (Lipinski definition) is 1. The molecule has 1 N–H and O–H groups in total. The molecule has 0 aromatic carbocycles. The van der Waals surface area contributed by atoms with Gasteiger partial charge in [0.25, 0.3) is 5.91 Å². The quantitative estimate of drug-likeness (QED) is 0.850. The molecule has 0 bridgehead atoms. The van der Waals surface area contributed by atoms with Crippen LogP contribution in [-0.2, 0) is 6.54 Å². The minimum Gasteiger partial charge on any atom is -0.348 e. The van der Waals surface area contributed by atoms with E-state index in [1.54, 1.807) is 24.0 Å². The average Bonchev–Trinajstić information content (AvgIpc) is 2.81. The van der Waals surface area contributed by atoms with Gasteiger partial charge in [-0.3, -0.25) is 9.78 Å². The van der Waals surface area contributed by atoms with Crippen molar-refractivity contribution in [1.82, 2.24) is 14.7 Å². The Morgan fingerprint density at radius 1 is 1.40 bits per heavy atom. The molecule has 2 aromatic heterocycles. The highest BCUT2D eigenvalue weighted by molar-refractivity contribution is 7.03. The zero-order valence-corrected chi connectivity index (χ0v) is 8.70. The fourth-order valence-electron chi connectivity index (χ4n) is 1.10. The molecule has 2 rings (SSSR count). The van der Waals surface area contributed by atoms with Crippen molar-refractivity contribution in [2.45, 2.75) is 6.54 Å². The Hall–Kier alpha value is -1.75. The first-order valence-electron chi connectivity index (χ1n) is 4.43. The van der Waals surface area contributed by atoms with Crippen LogP contribution in [0.25, 0.3) is 0 Å². The predicted octanol–water partition coefficient (Wildman–Crippen LogP) is 1.47. The molecule has 4 nitrogen and oxygen atoms in total. The van der Waals surface area contributed by atoms with Gasteiger partial charge in [-0.05, 0) is 29.2 Å². The standard InChI is InChI=1S/C10H9N3OS/c14-10(9-6-13-15-7-9)12-5-8-1-3-11-4-2-8/h1-4,6-7H,5H2,(H,12,14). The molecule has 0 aliphatic rings. The zero-order valence-electron chi connectivity index (χ0n) is 7.88. The average molecular weight is 219 g/mol. The third-order valence-corrected chi connectivity index (χ3v) is 2.48. The van der Waals surface area contributed by atoms with Crippen LogP contribution in [0.4, 0.5) is 0 Å². The largest absolute Gasteiger partial charge is 0.348 e. The van der Waals surface area contributed by atoms with Crippen LogP contribution in [0.1, 0.15) is 15.9 Å². The Labute approximate surface area is 91.2 Å². The number of hydrogen-bond acceptors (Lipinski definition) is 4. The van der Waals surface area contributed by atoms with Crippen molar-refractivity contribution < 1.29 is 4.79 Å². The normalized spacial score (nSPS) is 9.87. The molecule has 2 heterocycles. The highest BCUT2D eigenvalue weighted by atomic mass is 32.1. The van der Waals surface area contributed by atoms with Crippen LogP contribution in [0, 0.1) is 0 Å². The van der Waals surface area contributed by atoms with Crippen molar-refractivity contribution in [2.75, 3.05) is 0 Å². The van der Waals surface area contributed by atoms with E-state index in [2.05, 4.69) is 14.7 Å². The fourth-order valence-corrected chi connectivity index (χ4v) is 1.62. The number of carbonyl (C=O) groups excluding carboxylic acids is 1. The van der Waals surface area contributed by atoms with Gasteiger partial charge < -0.3 is 5.32 Å². The van der Waals surface area contributed by atoms with E-state index >= 15 is 0 Å². The van der Waals surface area contributed by atoms with Crippen molar-refractivity contribution in [3.63, 3.8) is 0 Å². The molecular formula is C10H9N3OS. The third-order valence-electron chi connectivity index (χ3n) is 1.90. The number of rotatable bonds is 3. The molecule has 0 radical (unpaired) electrons. The van der Waals surface area contributed by atoms with E-state index in [0.717, 1.165) is 5.56 Å². The molecular weight excluding hydrogens is 210 g/mol. The molecule has 0 spiro atoms. The summed E-state index contributed by atoms with van der Waals surface area (Å²) in [5.74, 6) is -0.0967. The summed E-state index contributed by atoms with van der Waals surface area (Å²) in [4.78, 5) is 15.4. The molecule has 76 valence electrons. The smallest absolute Gasteiger partial charge is 0.254 e. The minimum atomic E-state index is -0.0967. The summed E-state index contributed by atoms with van der Waals surface area (Å²) in [6, 6.07) is 3.73. The number of aromatic nitrogens is 2. The van der Waals surface area contributed by atoms with Gasteiger partial charge in [0.2, 0.25) is 0 Å². The number of amides is 1. The lowest BCUT2D eigenvalue weighted by molar-refractivity contribution is 0.0951. The van der Waals surface area contributed by atoms with Crippen LogP contribution < -0.4 is 5.32 Å². The van der Waals surface area contributed by atoms with E-state index in [1.165, 1.54) is 11.5 Å². The fraction of sp³-hybridized carbons (Fsp3) is 0.100. The molecule has 0 atom stereocenters. The molecule has 1 amide bonds. The van der Waals surface area contributed by atoms with Gasteiger partial charge in [0.05, 0.1) is 11.8 Å². The number of nitrogens with zero attached hydrogens (tertiary/aromatic N) is 2. The Morgan fingerprint density at radius 3 is 2.87 bits per heavy atom. The van der Waals surface area contributed by atoms with Crippen LogP contribution in [0.2, 0.25) is 0 Å². The van der Waals surface area contributed by atoms with Crippen LogP contribution in [0.15, 0.2) is 36.1 Å². The van der Waals surface area contributed by atoms with Crippen molar-refractivity contribution in [3.8, 4) is 0 Å². The lowest BCUT2D eigenvalue weighted by atomic mass is 10.2. The first-order chi connectivity index (χ1) is 7.36. The molecule has 0 aliphatic heterocycles. The summed E-state index contributed by atoms with van der Waals surface area (Å²) >= 11 is 1.27. The Balaban J connectivity index is 1.92. The first kappa shape index (κ1) is 9.79. The molecule has 2 aromatic rings. The van der Waals surface area contributed by atoms with Crippen molar-refractivity contribution in [2.24, 2.45) is 0 Å². The van der Waals surface area contributed by atoms with Gasteiger partial charge >= 0.3 is 0 Å².